The summed E-state index contributed by atoms with van der Waals surface area (Å²) in [4.78, 5) is 29.4. The Morgan fingerprint density at radius 3 is 2.73 bits per heavy atom. The van der Waals surface area contributed by atoms with Gasteiger partial charge in [-0.1, -0.05) is 0 Å². The minimum absolute atomic E-state index is 0.00422. The highest BCUT2D eigenvalue weighted by Gasteiger charge is 2.28. The van der Waals surface area contributed by atoms with Crippen LogP contribution in [0.2, 0.25) is 0 Å². The Balaban J connectivity index is 1.16. The number of nitrogens with zero attached hydrogens (tertiary/aromatic N) is 6. The second-order valence-electron chi connectivity index (χ2n) is 8.31. The van der Waals surface area contributed by atoms with Gasteiger partial charge in [0.2, 0.25) is 5.88 Å². The highest BCUT2D eigenvalue weighted by molar-refractivity contribution is 5.96. The number of hydrogen-bond acceptors (Lipinski definition) is 6. The molecule has 0 saturated carbocycles. The number of aromatic nitrogens is 4. The maximum atomic E-state index is 12.9. The van der Waals surface area contributed by atoms with Crippen LogP contribution in [0.5, 0.6) is 5.88 Å². The molecule has 5 rings (SSSR count). The van der Waals surface area contributed by atoms with Gasteiger partial charge in [0.15, 0.2) is 0 Å². The fourth-order valence-electron chi connectivity index (χ4n) is 4.56. The summed E-state index contributed by atoms with van der Waals surface area (Å²) in [6.45, 7) is 5.69. The van der Waals surface area contributed by atoms with Crippen molar-refractivity contribution in [1.29, 1.82) is 0 Å². The van der Waals surface area contributed by atoms with Gasteiger partial charge in [0, 0.05) is 51.8 Å². The van der Waals surface area contributed by atoms with Crippen molar-refractivity contribution >= 4 is 5.91 Å². The molecule has 0 aromatic carbocycles. The van der Waals surface area contributed by atoms with Crippen LogP contribution < -0.4 is 10.3 Å². The number of carbonyl (C=O) groups is 1. The van der Waals surface area contributed by atoms with Gasteiger partial charge in [-0.15, -0.1) is 0 Å². The molecule has 160 valence electrons. The Bertz CT molecular complexity index is 989. The van der Waals surface area contributed by atoms with Gasteiger partial charge in [-0.3, -0.25) is 14.5 Å². The molecule has 0 bridgehead atoms. The molecular formula is C21H28N6O3. The van der Waals surface area contributed by atoms with Crippen molar-refractivity contribution in [2.24, 2.45) is 0 Å². The van der Waals surface area contributed by atoms with Crippen LogP contribution in [-0.2, 0) is 25.9 Å². The first-order chi connectivity index (χ1) is 14.7. The maximum absolute atomic E-state index is 12.9. The second-order valence-corrected chi connectivity index (χ2v) is 8.31. The smallest absolute Gasteiger partial charge is 0.267 e. The first kappa shape index (κ1) is 19.3. The lowest BCUT2D eigenvalue weighted by Crippen LogP contribution is -2.49. The molecule has 3 aliphatic rings. The molecule has 4 heterocycles. The molecule has 0 spiro atoms. The Labute approximate surface area is 175 Å². The molecule has 1 fully saturated rings. The van der Waals surface area contributed by atoms with E-state index in [1.165, 1.54) is 0 Å². The average Bonchev–Trinajstić information content (AvgIpc) is 3.22. The Kier molecular flexibility index (Phi) is 5.28. The molecule has 30 heavy (non-hydrogen) atoms. The van der Waals surface area contributed by atoms with E-state index in [0.717, 1.165) is 69.5 Å². The summed E-state index contributed by atoms with van der Waals surface area (Å²) >= 11 is 0. The largest absolute Gasteiger partial charge is 0.477 e. The van der Waals surface area contributed by atoms with Crippen molar-refractivity contribution in [1.82, 2.24) is 29.4 Å². The van der Waals surface area contributed by atoms with E-state index < -0.39 is 0 Å². The molecule has 1 saturated heterocycles. The second kappa shape index (κ2) is 8.22. The van der Waals surface area contributed by atoms with Crippen molar-refractivity contribution < 1.29 is 9.53 Å². The van der Waals surface area contributed by atoms with Gasteiger partial charge < -0.3 is 9.64 Å². The third-order valence-electron chi connectivity index (χ3n) is 6.34. The predicted octanol–water partition coefficient (Wildman–Crippen LogP) is 0.559. The first-order valence-corrected chi connectivity index (χ1v) is 11.0. The number of fused-ring (bicyclic) bond motifs is 2. The van der Waals surface area contributed by atoms with E-state index in [2.05, 4.69) is 15.1 Å². The highest BCUT2D eigenvalue weighted by Crippen LogP contribution is 2.24. The lowest BCUT2D eigenvalue weighted by atomic mass is 9.97. The van der Waals surface area contributed by atoms with E-state index in [-0.39, 0.29) is 11.5 Å². The number of rotatable bonds is 4. The molecule has 0 unspecified atom stereocenters. The Hall–Kier alpha value is -2.68. The number of carbonyl (C=O) groups excluding carboxylic acids is 1. The van der Waals surface area contributed by atoms with Gasteiger partial charge in [0.25, 0.3) is 11.5 Å². The van der Waals surface area contributed by atoms with Crippen molar-refractivity contribution in [3.63, 3.8) is 0 Å². The SMILES string of the molecule is O=C(c1cnn2c1OCCC2)N1CCN(CCn2nc3c(cc2=O)CCCC3)CC1. The minimum atomic E-state index is -0.00891. The maximum Gasteiger partial charge on any atom is 0.267 e. The van der Waals surface area contributed by atoms with Crippen molar-refractivity contribution in [2.75, 3.05) is 39.3 Å². The third kappa shape index (κ3) is 3.74. The van der Waals surface area contributed by atoms with Gasteiger partial charge in [0.1, 0.15) is 5.56 Å². The summed E-state index contributed by atoms with van der Waals surface area (Å²) in [6, 6.07) is 1.77. The molecule has 1 aliphatic carbocycles. The monoisotopic (exact) mass is 412 g/mol. The molecule has 0 N–H and O–H groups in total. The Morgan fingerprint density at radius 2 is 1.87 bits per heavy atom. The summed E-state index contributed by atoms with van der Waals surface area (Å²) in [7, 11) is 0. The standard InChI is InChI=1S/C21H28N6O3/c28-19-14-16-4-1-2-5-18(16)23-26(19)12-9-24-7-10-25(11-8-24)20(29)17-15-22-27-6-3-13-30-21(17)27/h14-15H,1-13H2. The summed E-state index contributed by atoms with van der Waals surface area (Å²) in [5.74, 6) is 0.594. The van der Waals surface area contributed by atoms with Crippen LogP contribution in [-0.4, -0.2) is 74.6 Å². The van der Waals surface area contributed by atoms with Crippen molar-refractivity contribution in [3.8, 4) is 5.88 Å². The van der Waals surface area contributed by atoms with E-state index in [0.29, 0.717) is 37.7 Å². The van der Waals surface area contributed by atoms with Crippen LogP contribution in [0.1, 0.15) is 40.9 Å². The molecular weight excluding hydrogens is 384 g/mol. The fraction of sp³-hybridized carbons (Fsp3) is 0.619. The molecule has 2 aliphatic heterocycles. The molecule has 0 atom stereocenters. The number of amides is 1. The van der Waals surface area contributed by atoms with Gasteiger partial charge in [-0.25, -0.2) is 9.36 Å². The summed E-state index contributed by atoms with van der Waals surface area (Å²) in [5, 5.41) is 8.89. The molecule has 9 heteroatoms. The summed E-state index contributed by atoms with van der Waals surface area (Å²) in [6.07, 6.45) is 6.79. The van der Waals surface area contributed by atoms with E-state index in [1.54, 1.807) is 21.6 Å². The normalized spacial score (nSPS) is 19.1. The number of aryl methyl sites for hydroxylation is 3. The minimum Gasteiger partial charge on any atom is -0.477 e. The molecule has 2 aromatic rings. The van der Waals surface area contributed by atoms with Crippen LogP contribution >= 0.6 is 0 Å². The van der Waals surface area contributed by atoms with Gasteiger partial charge >= 0.3 is 0 Å². The molecule has 2 aromatic heterocycles. The van der Waals surface area contributed by atoms with Crippen molar-refractivity contribution in [2.45, 2.75) is 45.2 Å². The topological polar surface area (TPSA) is 85.5 Å². The molecule has 9 nitrogen and oxygen atoms in total. The summed E-state index contributed by atoms with van der Waals surface area (Å²) < 4.78 is 9.05. The van der Waals surface area contributed by atoms with Gasteiger partial charge in [-0.05, 0) is 31.2 Å². The van der Waals surface area contributed by atoms with Crippen LogP contribution in [0.3, 0.4) is 0 Å². The zero-order valence-corrected chi connectivity index (χ0v) is 17.3. The van der Waals surface area contributed by atoms with Crippen molar-refractivity contribution in [3.05, 3.63) is 39.4 Å². The van der Waals surface area contributed by atoms with Gasteiger partial charge in [-0.2, -0.15) is 10.2 Å². The van der Waals surface area contributed by atoms with E-state index >= 15 is 0 Å². The van der Waals surface area contributed by atoms with E-state index in [1.807, 2.05) is 4.90 Å². The third-order valence-corrected chi connectivity index (χ3v) is 6.34. The van der Waals surface area contributed by atoms with Crippen LogP contribution in [0.25, 0.3) is 0 Å². The number of piperazine rings is 1. The molecule has 0 radical (unpaired) electrons. The quantitative estimate of drug-likeness (QED) is 0.730. The zero-order valence-electron chi connectivity index (χ0n) is 17.3. The van der Waals surface area contributed by atoms with Crippen LogP contribution in [0, 0.1) is 0 Å². The van der Waals surface area contributed by atoms with Crippen LogP contribution in [0.15, 0.2) is 17.1 Å². The first-order valence-electron chi connectivity index (χ1n) is 11.0. The van der Waals surface area contributed by atoms with Gasteiger partial charge in [0.05, 0.1) is 25.0 Å². The van der Waals surface area contributed by atoms with E-state index in [4.69, 9.17) is 4.74 Å². The summed E-state index contributed by atoms with van der Waals surface area (Å²) in [5.41, 5.74) is 2.77. The average molecular weight is 412 g/mol. The fourth-order valence-corrected chi connectivity index (χ4v) is 4.56. The van der Waals surface area contributed by atoms with Crippen LogP contribution in [0.4, 0.5) is 0 Å². The number of hydrogen-bond donors (Lipinski definition) is 0. The number of ether oxygens (including phenoxy) is 1. The lowest BCUT2D eigenvalue weighted by molar-refractivity contribution is 0.0625. The highest BCUT2D eigenvalue weighted by atomic mass is 16.5. The van der Waals surface area contributed by atoms with E-state index in [9.17, 15) is 9.59 Å². The predicted molar refractivity (Wildman–Crippen MR) is 110 cm³/mol. The zero-order chi connectivity index (χ0) is 20.5. The molecule has 1 amide bonds. The lowest BCUT2D eigenvalue weighted by Gasteiger charge is -2.34. The Morgan fingerprint density at radius 1 is 1.03 bits per heavy atom.